The molecule has 27 heavy (non-hydrogen) atoms. The number of carboxylic acids is 1. The van der Waals surface area contributed by atoms with E-state index in [0.717, 1.165) is 43.7 Å². The van der Waals surface area contributed by atoms with Gasteiger partial charge in [-0.15, -0.1) is 11.8 Å². The Morgan fingerprint density at radius 2 is 2.07 bits per heavy atom. The molecule has 4 aliphatic rings. The lowest BCUT2D eigenvalue weighted by Crippen LogP contribution is -2.63. The number of aliphatic hydroxyl groups is 1. The number of nitrogens with zero attached hydrogens (tertiary/aromatic N) is 2. The number of fused-ring (bicyclic) bond motifs is 1. The van der Waals surface area contributed by atoms with Crippen LogP contribution in [0.1, 0.15) is 39.5 Å². The second-order valence-electron chi connectivity index (χ2n) is 8.52. The first-order valence-electron chi connectivity index (χ1n) is 9.94. The summed E-state index contributed by atoms with van der Waals surface area (Å²) >= 11 is 1.64. The zero-order valence-electron chi connectivity index (χ0n) is 15.9. The number of aliphatic hydroxyl groups excluding tert-OH is 1. The van der Waals surface area contributed by atoms with Crippen molar-refractivity contribution in [3.05, 3.63) is 10.6 Å². The van der Waals surface area contributed by atoms with Crippen LogP contribution in [0.5, 0.6) is 0 Å². The Hall–Kier alpha value is -1.09. The minimum Gasteiger partial charge on any atom is -0.477 e. The van der Waals surface area contributed by atoms with Crippen molar-refractivity contribution in [2.24, 2.45) is 17.6 Å². The number of likely N-dealkylation sites (tertiary alicyclic amines) is 1. The Morgan fingerprint density at radius 3 is 2.67 bits per heavy atom. The number of amides is 1. The molecule has 0 aromatic heterocycles. The number of carbonyl (C=O) groups excluding carboxylic acids is 1. The normalized spacial score (nSPS) is 40.4. The van der Waals surface area contributed by atoms with Gasteiger partial charge in [0.05, 0.1) is 18.1 Å². The molecule has 4 rings (SSSR count). The van der Waals surface area contributed by atoms with Gasteiger partial charge in [-0.1, -0.05) is 6.92 Å². The SMILES string of the molecule is CC(O)[C@H]1C(=O)N2C(C(=O)O)=C(S[C@@H]3CCN([C@H]4CC[C@@H](N)C4)C3)[C@H](C)[C@H]12. The molecule has 7 nitrogen and oxygen atoms in total. The van der Waals surface area contributed by atoms with E-state index >= 15 is 0 Å². The highest BCUT2D eigenvalue weighted by molar-refractivity contribution is 8.03. The highest BCUT2D eigenvalue weighted by Gasteiger charge is 2.60. The van der Waals surface area contributed by atoms with Crippen LogP contribution < -0.4 is 5.73 Å². The van der Waals surface area contributed by atoms with E-state index in [2.05, 4.69) is 4.90 Å². The number of carbonyl (C=O) groups is 2. The summed E-state index contributed by atoms with van der Waals surface area (Å²) in [7, 11) is 0. The van der Waals surface area contributed by atoms with Gasteiger partial charge in [0.25, 0.3) is 0 Å². The molecule has 3 aliphatic heterocycles. The Kier molecular flexibility index (Phi) is 5.03. The predicted molar refractivity (Wildman–Crippen MR) is 103 cm³/mol. The molecule has 8 heteroatoms. The van der Waals surface area contributed by atoms with E-state index in [0.29, 0.717) is 17.3 Å². The summed E-state index contributed by atoms with van der Waals surface area (Å²) in [5.74, 6) is -1.84. The molecule has 1 aliphatic carbocycles. The maximum Gasteiger partial charge on any atom is 0.353 e. The van der Waals surface area contributed by atoms with Gasteiger partial charge in [0.15, 0.2) is 0 Å². The van der Waals surface area contributed by atoms with Gasteiger partial charge in [-0.2, -0.15) is 0 Å². The van der Waals surface area contributed by atoms with Gasteiger partial charge < -0.3 is 20.8 Å². The van der Waals surface area contributed by atoms with Crippen molar-refractivity contribution in [3.63, 3.8) is 0 Å². The molecule has 7 atom stereocenters. The van der Waals surface area contributed by atoms with Gasteiger partial charge >= 0.3 is 5.97 Å². The lowest BCUT2D eigenvalue weighted by Gasteiger charge is -2.46. The predicted octanol–water partition coefficient (Wildman–Crippen LogP) is 0.827. The maximum absolute atomic E-state index is 12.4. The highest BCUT2D eigenvalue weighted by atomic mass is 32.2. The van der Waals surface area contributed by atoms with Gasteiger partial charge in [0.2, 0.25) is 5.91 Å². The number of β-lactam (4-membered cyclic amide) rings is 1. The van der Waals surface area contributed by atoms with E-state index in [1.165, 1.54) is 4.90 Å². The topological polar surface area (TPSA) is 107 Å². The molecule has 1 amide bonds. The van der Waals surface area contributed by atoms with Crippen LogP contribution in [0.2, 0.25) is 0 Å². The Balaban J connectivity index is 1.48. The van der Waals surface area contributed by atoms with Crippen LogP contribution in [0.15, 0.2) is 10.6 Å². The van der Waals surface area contributed by atoms with Gasteiger partial charge in [-0.3, -0.25) is 9.69 Å². The van der Waals surface area contributed by atoms with Crippen LogP contribution in [-0.4, -0.2) is 74.5 Å². The number of thioether (sulfide) groups is 1. The van der Waals surface area contributed by atoms with Crippen molar-refractivity contribution >= 4 is 23.6 Å². The van der Waals surface area contributed by atoms with Crippen molar-refractivity contribution in [1.29, 1.82) is 0 Å². The molecule has 0 aromatic carbocycles. The maximum atomic E-state index is 12.4. The average Bonchev–Trinajstić information content (AvgIpc) is 3.27. The van der Waals surface area contributed by atoms with E-state index in [1.54, 1.807) is 18.7 Å². The molecule has 0 radical (unpaired) electrons. The quantitative estimate of drug-likeness (QED) is 0.592. The van der Waals surface area contributed by atoms with Gasteiger partial charge in [0, 0.05) is 34.7 Å². The largest absolute Gasteiger partial charge is 0.477 e. The minimum absolute atomic E-state index is 0.0487. The number of hydrogen-bond acceptors (Lipinski definition) is 6. The standard InChI is InChI=1S/C19H29N3O4S/c1-9-15-14(10(2)23)18(24)22(15)16(19(25)26)17(9)27-13-5-6-21(8-13)12-4-3-11(20)7-12/h9-15,23H,3-8,20H2,1-2H3,(H,25,26)/t9-,10?,11-,12+,13-,14-,15-/m1/s1. The third kappa shape index (κ3) is 3.10. The Morgan fingerprint density at radius 1 is 1.33 bits per heavy atom. The summed E-state index contributed by atoms with van der Waals surface area (Å²) in [4.78, 5) is 29.0. The first-order valence-corrected chi connectivity index (χ1v) is 10.8. The van der Waals surface area contributed by atoms with Crippen molar-refractivity contribution in [1.82, 2.24) is 9.80 Å². The molecular formula is C19H29N3O4S. The van der Waals surface area contributed by atoms with Crippen molar-refractivity contribution < 1.29 is 19.8 Å². The van der Waals surface area contributed by atoms with E-state index in [-0.39, 0.29) is 23.6 Å². The third-order valence-electron chi connectivity index (χ3n) is 6.74. The monoisotopic (exact) mass is 395 g/mol. The van der Waals surface area contributed by atoms with E-state index in [1.807, 2.05) is 6.92 Å². The third-order valence-corrected chi connectivity index (χ3v) is 8.28. The lowest BCUT2D eigenvalue weighted by atomic mass is 9.79. The number of aliphatic carboxylic acids is 1. The van der Waals surface area contributed by atoms with Crippen LogP contribution in [0.4, 0.5) is 0 Å². The lowest BCUT2D eigenvalue weighted by molar-refractivity contribution is -0.163. The number of nitrogens with two attached hydrogens (primary N) is 1. The molecule has 0 spiro atoms. The number of carboxylic acid groups (broad SMARTS) is 1. The Labute approximate surface area is 163 Å². The fraction of sp³-hybridized carbons (Fsp3) is 0.789. The fourth-order valence-corrected chi connectivity index (χ4v) is 6.86. The first kappa shape index (κ1) is 19.2. The second kappa shape index (κ2) is 7.06. The second-order valence-corrected chi connectivity index (χ2v) is 9.86. The van der Waals surface area contributed by atoms with E-state index < -0.39 is 18.0 Å². The zero-order valence-corrected chi connectivity index (χ0v) is 16.7. The average molecular weight is 396 g/mol. The molecule has 3 heterocycles. The molecule has 1 saturated carbocycles. The smallest absolute Gasteiger partial charge is 0.353 e. The highest BCUT2D eigenvalue weighted by Crippen LogP contribution is 2.52. The summed E-state index contributed by atoms with van der Waals surface area (Å²) in [5.41, 5.74) is 6.19. The van der Waals surface area contributed by atoms with Gasteiger partial charge in [0.1, 0.15) is 5.70 Å². The van der Waals surface area contributed by atoms with Crippen LogP contribution in [-0.2, 0) is 9.59 Å². The molecule has 0 aromatic rings. The zero-order chi connectivity index (χ0) is 19.5. The van der Waals surface area contributed by atoms with E-state index in [9.17, 15) is 19.8 Å². The molecular weight excluding hydrogens is 366 g/mol. The van der Waals surface area contributed by atoms with Crippen LogP contribution >= 0.6 is 11.8 Å². The molecule has 2 saturated heterocycles. The van der Waals surface area contributed by atoms with Gasteiger partial charge in [-0.05, 0) is 39.2 Å². The van der Waals surface area contributed by atoms with E-state index in [4.69, 9.17) is 5.73 Å². The minimum atomic E-state index is -1.04. The van der Waals surface area contributed by atoms with Crippen LogP contribution in [0, 0.1) is 11.8 Å². The number of hydrogen-bond donors (Lipinski definition) is 3. The van der Waals surface area contributed by atoms with Gasteiger partial charge in [-0.25, -0.2) is 4.79 Å². The molecule has 0 bridgehead atoms. The molecule has 3 fully saturated rings. The summed E-state index contributed by atoms with van der Waals surface area (Å²) in [5, 5.41) is 20.0. The molecule has 1 unspecified atom stereocenters. The number of rotatable bonds is 5. The summed E-state index contributed by atoms with van der Waals surface area (Å²) < 4.78 is 0. The van der Waals surface area contributed by atoms with Crippen LogP contribution in [0.3, 0.4) is 0 Å². The molecule has 150 valence electrons. The summed E-state index contributed by atoms with van der Waals surface area (Å²) in [6, 6.07) is 0.641. The Bertz CT molecular complexity index is 682. The van der Waals surface area contributed by atoms with Crippen LogP contribution in [0.25, 0.3) is 0 Å². The first-order chi connectivity index (χ1) is 12.8. The fourth-order valence-electron chi connectivity index (χ4n) is 5.36. The summed E-state index contributed by atoms with van der Waals surface area (Å²) in [6.45, 7) is 5.57. The van der Waals surface area contributed by atoms with Crippen molar-refractivity contribution in [2.45, 2.75) is 69.0 Å². The summed E-state index contributed by atoms with van der Waals surface area (Å²) in [6.07, 6.45) is 3.56. The molecule has 4 N–H and O–H groups in total. The van der Waals surface area contributed by atoms with Crippen molar-refractivity contribution in [2.75, 3.05) is 13.1 Å². The van der Waals surface area contributed by atoms with Crippen molar-refractivity contribution in [3.8, 4) is 0 Å².